The van der Waals surface area contributed by atoms with Crippen LogP contribution in [0.3, 0.4) is 0 Å². The number of hydrogen-bond acceptors (Lipinski definition) is 11. The van der Waals surface area contributed by atoms with Crippen molar-refractivity contribution in [1.82, 2.24) is 5.32 Å². The zero-order valence-corrected chi connectivity index (χ0v) is 28.0. The van der Waals surface area contributed by atoms with Crippen LogP contribution in [0.15, 0.2) is 89.1 Å². The van der Waals surface area contributed by atoms with Gasteiger partial charge in [0.2, 0.25) is 0 Å². The van der Waals surface area contributed by atoms with Crippen molar-refractivity contribution in [3.8, 4) is 24.2 Å². The first-order valence-corrected chi connectivity index (χ1v) is 15.9. The number of azo groups is 1. The Morgan fingerprint density at radius 1 is 0.700 bits per heavy atom. The highest BCUT2D eigenvalue weighted by molar-refractivity contribution is 6.36. The van der Waals surface area contributed by atoms with E-state index in [1.54, 1.807) is 36.4 Å². The number of esters is 1. The van der Waals surface area contributed by atoms with E-state index in [0.717, 1.165) is 18.2 Å². The van der Waals surface area contributed by atoms with Gasteiger partial charge in [0.15, 0.2) is 0 Å². The molecule has 12 nitrogen and oxygen atoms in total. The van der Waals surface area contributed by atoms with E-state index in [9.17, 15) is 14.4 Å². The van der Waals surface area contributed by atoms with Crippen LogP contribution in [-0.4, -0.2) is 96.9 Å². The number of carbonyl (C=O) groups is 3. The second-order valence-corrected chi connectivity index (χ2v) is 10.3. The molecule has 0 spiro atoms. The van der Waals surface area contributed by atoms with Crippen molar-refractivity contribution in [1.29, 1.82) is 0 Å². The topological polar surface area (TPSA) is 143 Å². The first-order valence-electron chi connectivity index (χ1n) is 15.9. The van der Waals surface area contributed by atoms with Crippen molar-refractivity contribution in [3.63, 3.8) is 0 Å². The van der Waals surface area contributed by atoms with E-state index in [2.05, 4.69) is 38.0 Å². The predicted octanol–water partition coefficient (Wildman–Crippen LogP) is 4.25. The van der Waals surface area contributed by atoms with Crippen molar-refractivity contribution >= 4 is 29.0 Å². The third-order valence-electron chi connectivity index (χ3n) is 6.65. The van der Waals surface area contributed by atoms with Gasteiger partial charge in [0.1, 0.15) is 19.3 Å². The van der Waals surface area contributed by atoms with E-state index in [1.165, 1.54) is 0 Å². The largest absolute Gasteiger partial charge is 0.463 e. The smallest absolute Gasteiger partial charge is 0.376 e. The van der Waals surface area contributed by atoms with Gasteiger partial charge < -0.3 is 33.7 Å². The molecule has 0 saturated carbocycles. The molecule has 0 aliphatic carbocycles. The van der Waals surface area contributed by atoms with Crippen LogP contribution in [0, 0.1) is 24.2 Å². The first kappa shape index (κ1) is 39.2. The van der Waals surface area contributed by atoms with Gasteiger partial charge in [0.25, 0.3) is 11.7 Å². The van der Waals surface area contributed by atoms with Crippen molar-refractivity contribution in [2.24, 2.45) is 10.2 Å². The van der Waals surface area contributed by atoms with Gasteiger partial charge in [0, 0.05) is 17.5 Å². The van der Waals surface area contributed by atoms with Gasteiger partial charge in [-0.15, -0.1) is 6.42 Å². The normalized spacial score (nSPS) is 11.3. The molecule has 0 aromatic heterocycles. The Kier molecular flexibility index (Phi) is 18.8. The molecule has 0 saturated heterocycles. The van der Waals surface area contributed by atoms with Crippen LogP contribution < -0.4 is 5.32 Å². The number of ketones is 1. The number of carbonyl (C=O) groups excluding carboxylic acids is 3. The average molecular weight is 684 g/mol. The van der Waals surface area contributed by atoms with Crippen molar-refractivity contribution in [3.05, 3.63) is 95.6 Å². The lowest BCUT2D eigenvalue weighted by atomic mass is 10.0. The zero-order valence-electron chi connectivity index (χ0n) is 28.0. The number of nitrogens with zero attached hydrogens (tertiary/aromatic N) is 2. The zero-order chi connectivity index (χ0) is 35.7. The lowest BCUT2D eigenvalue weighted by Gasteiger charge is -2.17. The molecule has 0 radical (unpaired) electrons. The third-order valence-corrected chi connectivity index (χ3v) is 6.65. The summed E-state index contributed by atoms with van der Waals surface area (Å²) in [5.74, 6) is 6.02. The third kappa shape index (κ3) is 15.8. The highest BCUT2D eigenvalue weighted by Crippen LogP contribution is 2.19. The quantitative estimate of drug-likeness (QED) is 0.0541. The van der Waals surface area contributed by atoms with Gasteiger partial charge >= 0.3 is 5.97 Å². The molecule has 262 valence electrons. The molecular weight excluding hydrogens is 642 g/mol. The Bertz CT molecular complexity index is 1590. The molecule has 0 aliphatic rings. The molecule has 0 bridgehead atoms. The van der Waals surface area contributed by atoms with Crippen molar-refractivity contribution in [2.75, 3.05) is 73.2 Å². The molecular formula is C38H41N3O9. The molecule has 0 fully saturated rings. The van der Waals surface area contributed by atoms with Gasteiger partial charge in [-0.1, -0.05) is 48.1 Å². The summed E-state index contributed by atoms with van der Waals surface area (Å²) in [7, 11) is 1.12. The second kappa shape index (κ2) is 24.0. The van der Waals surface area contributed by atoms with E-state index in [-0.39, 0.29) is 19.6 Å². The maximum atomic E-state index is 12.9. The van der Waals surface area contributed by atoms with E-state index in [4.69, 9.17) is 30.1 Å². The van der Waals surface area contributed by atoms with Gasteiger partial charge in [-0.05, 0) is 54.1 Å². The van der Waals surface area contributed by atoms with Crippen LogP contribution in [-0.2, 0) is 44.4 Å². The Morgan fingerprint density at radius 3 is 1.76 bits per heavy atom. The minimum absolute atomic E-state index is 0.141. The van der Waals surface area contributed by atoms with Crippen molar-refractivity contribution in [2.45, 2.75) is 12.5 Å². The fourth-order valence-corrected chi connectivity index (χ4v) is 4.12. The molecule has 1 amide bonds. The highest BCUT2D eigenvalue weighted by Gasteiger charge is 2.28. The maximum absolute atomic E-state index is 12.9. The number of methoxy groups -OCH3 is 1. The average Bonchev–Trinajstić information content (AvgIpc) is 3.15. The van der Waals surface area contributed by atoms with Gasteiger partial charge in [-0.3, -0.25) is 9.59 Å². The Balaban J connectivity index is 1.33. The summed E-state index contributed by atoms with van der Waals surface area (Å²) in [6.45, 7) is 4.27. The second-order valence-electron chi connectivity index (χ2n) is 10.3. The van der Waals surface area contributed by atoms with Crippen LogP contribution >= 0.6 is 0 Å². The number of nitrogens with one attached hydrogen (secondary N) is 1. The standard InChI is InChI=1S/C38H41N3O9/c1-3-19-46-21-23-48-25-27-50-28-26-49-24-22-47-20-7-10-30-11-15-33(16-12-30)40-41-34-17-13-32(14-18-34)37(43)39-35(36(42)38(44)45-2)29-31-8-5-4-6-9-31/h1,4-6,8-9,11-18,35H,19-29H2,2H3,(H,39,43)/t35-/m0/s1. The fourth-order valence-electron chi connectivity index (χ4n) is 4.12. The SMILES string of the molecule is C#CCOCCOCCOCCOCCOCC#Cc1ccc(N=Nc2ccc(C(=O)N[C@@H](Cc3ccccc3)C(=O)C(=O)OC)cc2)cc1. The number of rotatable bonds is 22. The van der Waals surface area contributed by atoms with Crippen molar-refractivity contribution < 1.29 is 42.8 Å². The van der Waals surface area contributed by atoms with Crippen LogP contribution in [0.1, 0.15) is 21.5 Å². The van der Waals surface area contributed by atoms with Crippen LogP contribution in [0.4, 0.5) is 11.4 Å². The molecule has 1 atom stereocenters. The molecule has 50 heavy (non-hydrogen) atoms. The number of benzene rings is 3. The summed E-state index contributed by atoms with van der Waals surface area (Å²) in [5.41, 5.74) is 3.03. The number of terminal acetylenes is 1. The van der Waals surface area contributed by atoms with Crippen LogP contribution in [0.25, 0.3) is 0 Å². The molecule has 3 aromatic rings. The van der Waals surface area contributed by atoms with Gasteiger partial charge in [-0.25, -0.2) is 4.79 Å². The lowest BCUT2D eigenvalue weighted by molar-refractivity contribution is -0.152. The van der Waals surface area contributed by atoms with Crippen LogP contribution in [0.2, 0.25) is 0 Å². The minimum atomic E-state index is -1.08. The predicted molar refractivity (Wildman–Crippen MR) is 185 cm³/mol. The summed E-state index contributed by atoms with van der Waals surface area (Å²) in [5, 5.41) is 11.1. The van der Waals surface area contributed by atoms with E-state index in [0.29, 0.717) is 69.8 Å². The van der Waals surface area contributed by atoms with E-state index < -0.39 is 23.7 Å². The number of Topliss-reactive ketones (excluding diaryl/α,β-unsaturated/α-hetero) is 1. The van der Waals surface area contributed by atoms with E-state index >= 15 is 0 Å². The lowest BCUT2D eigenvalue weighted by Crippen LogP contribution is -2.45. The first-order chi connectivity index (χ1) is 24.5. The monoisotopic (exact) mass is 683 g/mol. The summed E-state index contributed by atoms with van der Waals surface area (Å²) in [6.07, 6.45) is 5.23. The van der Waals surface area contributed by atoms with Gasteiger partial charge in [0.05, 0.1) is 71.3 Å². The molecule has 1 N–H and O–H groups in total. The minimum Gasteiger partial charge on any atom is -0.463 e. The fraction of sp³-hybridized carbons (Fsp3) is 0.342. The number of amides is 1. The van der Waals surface area contributed by atoms with Gasteiger partial charge in [-0.2, -0.15) is 10.2 Å². The Morgan fingerprint density at radius 2 is 1.22 bits per heavy atom. The van der Waals surface area contributed by atoms with Crippen LogP contribution in [0.5, 0.6) is 0 Å². The molecule has 3 rings (SSSR count). The summed E-state index contributed by atoms with van der Waals surface area (Å²) >= 11 is 0. The Labute approximate surface area is 292 Å². The molecule has 0 aliphatic heterocycles. The molecule has 12 heteroatoms. The maximum Gasteiger partial charge on any atom is 0.376 e. The molecule has 3 aromatic carbocycles. The molecule has 0 heterocycles. The summed E-state index contributed by atoms with van der Waals surface area (Å²) < 4.78 is 31.4. The summed E-state index contributed by atoms with van der Waals surface area (Å²) in [4.78, 5) is 37.4. The van der Waals surface area contributed by atoms with E-state index in [1.807, 2.05) is 42.5 Å². The highest BCUT2D eigenvalue weighted by atomic mass is 16.6. The number of ether oxygens (including phenoxy) is 6. The Hall–Kier alpha value is -5.21. The number of hydrogen-bond donors (Lipinski definition) is 1. The molecule has 0 unspecified atom stereocenters. The summed E-state index contributed by atoms with van der Waals surface area (Å²) in [6, 6.07) is 21.6.